The lowest BCUT2D eigenvalue weighted by atomic mass is 10.2. The summed E-state index contributed by atoms with van der Waals surface area (Å²) in [6.45, 7) is 2.03. The first-order valence-electron chi connectivity index (χ1n) is 6.41. The highest BCUT2D eigenvalue weighted by Gasteiger charge is 2.28. The fourth-order valence-electron chi connectivity index (χ4n) is 2.33. The molecule has 4 heteroatoms. The van der Waals surface area contributed by atoms with E-state index in [9.17, 15) is 0 Å². The summed E-state index contributed by atoms with van der Waals surface area (Å²) in [5, 5.41) is 14.1. The summed E-state index contributed by atoms with van der Waals surface area (Å²) in [5.41, 5.74) is 4.21. The van der Waals surface area contributed by atoms with Crippen molar-refractivity contribution in [2.75, 3.05) is 0 Å². The lowest BCUT2D eigenvalue weighted by Gasteiger charge is -2.10. The van der Waals surface area contributed by atoms with Gasteiger partial charge in [-0.15, -0.1) is 0 Å². The molecule has 3 rings (SSSR count). The lowest BCUT2D eigenvalue weighted by molar-refractivity contribution is 0.790. The number of benzene rings is 1. The molecule has 1 fully saturated rings. The molecule has 1 aromatic carbocycles. The van der Waals surface area contributed by atoms with Crippen LogP contribution in [0.2, 0.25) is 5.02 Å². The fourth-order valence-corrected chi connectivity index (χ4v) is 2.56. The summed E-state index contributed by atoms with van der Waals surface area (Å²) < 4.78 is 1.98. The van der Waals surface area contributed by atoms with Crippen molar-refractivity contribution in [3.05, 3.63) is 46.2 Å². The van der Waals surface area contributed by atoms with E-state index in [2.05, 4.69) is 17.2 Å². The molecule has 0 amide bonds. The van der Waals surface area contributed by atoms with E-state index in [4.69, 9.17) is 16.9 Å². The van der Waals surface area contributed by atoms with E-state index >= 15 is 0 Å². The first-order valence-corrected chi connectivity index (χ1v) is 6.79. The van der Waals surface area contributed by atoms with Crippen LogP contribution in [0, 0.1) is 18.3 Å². The van der Waals surface area contributed by atoms with Gasteiger partial charge in [-0.05, 0) is 49.6 Å². The van der Waals surface area contributed by atoms with Crippen molar-refractivity contribution in [1.82, 2.24) is 9.78 Å². The number of nitrogens with zero attached hydrogens (tertiary/aromatic N) is 3. The maximum absolute atomic E-state index is 8.82. The van der Waals surface area contributed by atoms with Crippen LogP contribution >= 0.6 is 11.6 Å². The Morgan fingerprint density at radius 2 is 2.21 bits per heavy atom. The normalized spacial score (nSPS) is 14.4. The van der Waals surface area contributed by atoms with Crippen LogP contribution in [0.15, 0.2) is 24.3 Å². The van der Waals surface area contributed by atoms with Gasteiger partial charge in [-0.3, -0.25) is 0 Å². The molecule has 0 atom stereocenters. The minimum absolute atomic E-state index is 0.360. The molecule has 96 valence electrons. The summed E-state index contributed by atoms with van der Waals surface area (Å²) in [4.78, 5) is 0. The highest BCUT2D eigenvalue weighted by molar-refractivity contribution is 6.30. The average Bonchev–Trinajstić information content (AvgIpc) is 3.12. The molecule has 0 bridgehead atoms. The largest absolute Gasteiger partial charge is 0.237 e. The van der Waals surface area contributed by atoms with Crippen LogP contribution in [-0.4, -0.2) is 9.78 Å². The first kappa shape index (κ1) is 12.3. The van der Waals surface area contributed by atoms with E-state index in [1.54, 1.807) is 0 Å². The van der Waals surface area contributed by atoms with Gasteiger partial charge in [-0.1, -0.05) is 11.6 Å². The van der Waals surface area contributed by atoms with Crippen molar-refractivity contribution < 1.29 is 0 Å². The van der Waals surface area contributed by atoms with Gasteiger partial charge in [0.25, 0.3) is 0 Å². The Balaban J connectivity index is 2.10. The highest BCUT2D eigenvalue weighted by Crippen LogP contribution is 2.41. The third-order valence-electron chi connectivity index (χ3n) is 3.43. The van der Waals surface area contributed by atoms with Crippen LogP contribution in [0.25, 0.3) is 5.69 Å². The van der Waals surface area contributed by atoms with Gasteiger partial charge in [0.05, 0.1) is 23.9 Å². The molecule has 1 aliphatic rings. The topological polar surface area (TPSA) is 41.6 Å². The number of hydrogen-bond acceptors (Lipinski definition) is 2. The van der Waals surface area contributed by atoms with Gasteiger partial charge >= 0.3 is 0 Å². The molecule has 0 N–H and O–H groups in total. The Hall–Kier alpha value is -1.79. The van der Waals surface area contributed by atoms with Crippen molar-refractivity contribution in [1.29, 1.82) is 5.26 Å². The lowest BCUT2D eigenvalue weighted by Crippen LogP contribution is -2.03. The van der Waals surface area contributed by atoms with Gasteiger partial charge in [0, 0.05) is 16.6 Å². The number of nitriles is 1. The third kappa shape index (κ3) is 2.36. The predicted octanol–water partition coefficient (Wildman–Crippen LogP) is 3.78. The third-order valence-corrected chi connectivity index (χ3v) is 3.67. The Morgan fingerprint density at radius 1 is 1.42 bits per heavy atom. The molecule has 0 unspecified atom stereocenters. The molecule has 0 saturated heterocycles. The second-order valence-electron chi connectivity index (χ2n) is 5.01. The second kappa shape index (κ2) is 4.71. The molecule has 3 nitrogen and oxygen atoms in total. The van der Waals surface area contributed by atoms with Crippen LogP contribution in [0.4, 0.5) is 0 Å². The zero-order chi connectivity index (χ0) is 13.4. The van der Waals surface area contributed by atoms with E-state index in [-0.39, 0.29) is 0 Å². The molecular weight excluding hydrogens is 258 g/mol. The summed E-state index contributed by atoms with van der Waals surface area (Å²) >= 11 is 6.00. The molecule has 0 spiro atoms. The Morgan fingerprint density at radius 3 is 2.84 bits per heavy atom. The van der Waals surface area contributed by atoms with Gasteiger partial charge in [-0.2, -0.15) is 10.4 Å². The zero-order valence-electron chi connectivity index (χ0n) is 10.7. The zero-order valence-corrected chi connectivity index (χ0v) is 11.5. The summed E-state index contributed by atoms with van der Waals surface area (Å²) in [6.07, 6.45) is 2.79. The van der Waals surface area contributed by atoms with Crippen LogP contribution in [0.5, 0.6) is 0 Å². The van der Waals surface area contributed by atoms with Gasteiger partial charge < -0.3 is 0 Å². The van der Waals surface area contributed by atoms with Crippen molar-refractivity contribution >= 4 is 11.6 Å². The SMILES string of the molecule is Cc1cc(Cl)ccc1-n1nc(CC#N)cc1C1CC1. The van der Waals surface area contributed by atoms with E-state index in [1.165, 1.54) is 18.5 Å². The average molecular weight is 272 g/mol. The molecule has 1 saturated carbocycles. The number of aryl methyl sites for hydroxylation is 1. The molecule has 0 aliphatic heterocycles. The number of halogens is 1. The fraction of sp³-hybridized carbons (Fsp3) is 0.333. The summed E-state index contributed by atoms with van der Waals surface area (Å²) in [6, 6.07) is 10.0. The molecule has 1 aliphatic carbocycles. The Bertz CT molecular complexity index is 663. The number of hydrogen-bond donors (Lipinski definition) is 0. The molecule has 0 radical (unpaired) electrons. The molecule has 1 aromatic heterocycles. The predicted molar refractivity (Wildman–Crippen MR) is 74.6 cm³/mol. The highest BCUT2D eigenvalue weighted by atomic mass is 35.5. The van der Waals surface area contributed by atoms with Crippen molar-refractivity contribution in [2.45, 2.75) is 32.1 Å². The number of rotatable bonds is 3. The van der Waals surface area contributed by atoms with E-state index in [0.29, 0.717) is 12.3 Å². The number of aromatic nitrogens is 2. The maximum Gasteiger partial charge on any atom is 0.0793 e. The first-order chi connectivity index (χ1) is 9.19. The van der Waals surface area contributed by atoms with Crippen LogP contribution in [0.3, 0.4) is 0 Å². The smallest absolute Gasteiger partial charge is 0.0793 e. The van der Waals surface area contributed by atoms with E-state index < -0.39 is 0 Å². The van der Waals surface area contributed by atoms with Gasteiger partial charge in [0.15, 0.2) is 0 Å². The van der Waals surface area contributed by atoms with E-state index in [1.807, 2.05) is 29.8 Å². The maximum atomic E-state index is 8.82. The molecule has 19 heavy (non-hydrogen) atoms. The van der Waals surface area contributed by atoms with Gasteiger partial charge in [-0.25, -0.2) is 4.68 Å². The van der Waals surface area contributed by atoms with Crippen LogP contribution < -0.4 is 0 Å². The Labute approximate surface area is 117 Å². The molecule has 2 aromatic rings. The standard InChI is InChI=1S/C15H14ClN3/c1-10-8-12(16)4-5-14(10)19-15(11-2-3-11)9-13(18-19)6-7-17/h4-5,8-9,11H,2-3,6H2,1H3. The minimum atomic E-state index is 0.360. The summed E-state index contributed by atoms with van der Waals surface area (Å²) in [7, 11) is 0. The van der Waals surface area contributed by atoms with Crippen LogP contribution in [0.1, 0.15) is 35.7 Å². The van der Waals surface area contributed by atoms with Crippen molar-refractivity contribution in [3.63, 3.8) is 0 Å². The Kier molecular flexibility index (Phi) is 3.04. The van der Waals surface area contributed by atoms with Crippen molar-refractivity contribution in [3.8, 4) is 11.8 Å². The molecular formula is C15H14ClN3. The van der Waals surface area contributed by atoms with Gasteiger partial charge in [0.2, 0.25) is 0 Å². The van der Waals surface area contributed by atoms with Crippen molar-refractivity contribution in [2.24, 2.45) is 0 Å². The summed E-state index contributed by atoms with van der Waals surface area (Å²) in [5.74, 6) is 0.593. The second-order valence-corrected chi connectivity index (χ2v) is 5.45. The van der Waals surface area contributed by atoms with Gasteiger partial charge in [0.1, 0.15) is 0 Å². The minimum Gasteiger partial charge on any atom is -0.237 e. The monoisotopic (exact) mass is 271 g/mol. The van der Waals surface area contributed by atoms with E-state index in [0.717, 1.165) is 22.0 Å². The van der Waals surface area contributed by atoms with Crippen LogP contribution in [-0.2, 0) is 6.42 Å². The quantitative estimate of drug-likeness (QED) is 0.852. The molecule has 1 heterocycles.